The van der Waals surface area contributed by atoms with Gasteiger partial charge in [0.15, 0.2) is 0 Å². The van der Waals surface area contributed by atoms with Gasteiger partial charge in [-0.3, -0.25) is 19.3 Å². The maximum Gasteiger partial charge on any atom is 0.325 e. The summed E-state index contributed by atoms with van der Waals surface area (Å²) < 4.78 is 0. The first-order valence-corrected chi connectivity index (χ1v) is 12.0. The van der Waals surface area contributed by atoms with E-state index < -0.39 is 36.0 Å². The van der Waals surface area contributed by atoms with Crippen LogP contribution in [-0.4, -0.2) is 57.8 Å². The lowest BCUT2D eigenvalue weighted by atomic mass is 9.92. The fourth-order valence-corrected chi connectivity index (χ4v) is 5.90. The molecule has 0 saturated carbocycles. The number of anilines is 1. The van der Waals surface area contributed by atoms with E-state index in [9.17, 15) is 19.2 Å². The number of imide groups is 1. The standard InChI is InChI=1S/C24H21N5O4S/c25-11-15-5-7-17(8-6-15)26-21(31)19-13-34-14-29(19)20(30)12-28-22(32)24(27-23(28)33)10-9-16-3-1-2-4-18(16)24/h1-8,19H,9-10,12-14H2,(H,26,31)(H,27,33). The van der Waals surface area contributed by atoms with E-state index >= 15 is 0 Å². The molecule has 5 amide bonds. The maximum absolute atomic E-state index is 13.3. The van der Waals surface area contributed by atoms with Crippen LogP contribution < -0.4 is 10.6 Å². The fourth-order valence-electron chi connectivity index (χ4n) is 4.72. The van der Waals surface area contributed by atoms with Crippen molar-refractivity contribution in [2.45, 2.75) is 24.4 Å². The van der Waals surface area contributed by atoms with Crippen molar-refractivity contribution in [1.29, 1.82) is 5.26 Å². The van der Waals surface area contributed by atoms with E-state index in [0.29, 0.717) is 35.7 Å². The Kier molecular flexibility index (Phi) is 5.49. The molecule has 10 heteroatoms. The number of amides is 5. The zero-order valence-corrected chi connectivity index (χ0v) is 18.9. The Morgan fingerprint density at radius 1 is 1.18 bits per heavy atom. The van der Waals surface area contributed by atoms with Gasteiger partial charge >= 0.3 is 6.03 Å². The number of nitrogens with one attached hydrogen (secondary N) is 2. The van der Waals surface area contributed by atoms with Gasteiger partial charge in [-0.25, -0.2) is 4.79 Å². The van der Waals surface area contributed by atoms with Gasteiger partial charge in [-0.2, -0.15) is 5.26 Å². The van der Waals surface area contributed by atoms with Gasteiger partial charge in [-0.05, 0) is 48.2 Å². The molecule has 0 aromatic heterocycles. The molecule has 1 aliphatic carbocycles. The summed E-state index contributed by atoms with van der Waals surface area (Å²) >= 11 is 1.43. The Bertz CT molecular complexity index is 1240. The minimum Gasteiger partial charge on any atom is -0.324 e. The minimum atomic E-state index is -1.12. The Hall–Kier alpha value is -3.84. The largest absolute Gasteiger partial charge is 0.325 e. The zero-order chi connectivity index (χ0) is 23.9. The molecule has 2 atom stereocenters. The van der Waals surface area contributed by atoms with Crippen molar-refractivity contribution in [2.24, 2.45) is 0 Å². The maximum atomic E-state index is 13.3. The number of thioether (sulfide) groups is 1. The molecule has 2 aromatic carbocycles. The van der Waals surface area contributed by atoms with Gasteiger partial charge in [0.25, 0.3) is 5.91 Å². The van der Waals surface area contributed by atoms with Crippen molar-refractivity contribution in [3.8, 4) is 6.07 Å². The smallest absolute Gasteiger partial charge is 0.324 e. The Morgan fingerprint density at radius 3 is 2.71 bits per heavy atom. The second-order valence-electron chi connectivity index (χ2n) is 8.44. The topological polar surface area (TPSA) is 123 Å². The van der Waals surface area contributed by atoms with Crippen molar-refractivity contribution in [2.75, 3.05) is 23.5 Å². The highest BCUT2D eigenvalue weighted by molar-refractivity contribution is 7.99. The summed E-state index contributed by atoms with van der Waals surface area (Å²) in [5.74, 6) is -0.549. The molecule has 0 radical (unpaired) electrons. The summed E-state index contributed by atoms with van der Waals surface area (Å²) in [4.78, 5) is 54.4. The van der Waals surface area contributed by atoms with Gasteiger partial charge in [0, 0.05) is 11.4 Å². The average molecular weight is 476 g/mol. The predicted octanol–water partition coefficient (Wildman–Crippen LogP) is 1.79. The molecule has 172 valence electrons. The Balaban J connectivity index is 1.28. The zero-order valence-electron chi connectivity index (χ0n) is 18.1. The molecule has 0 bridgehead atoms. The van der Waals surface area contributed by atoms with Gasteiger partial charge in [-0.1, -0.05) is 24.3 Å². The van der Waals surface area contributed by atoms with Crippen LogP contribution in [0.1, 0.15) is 23.1 Å². The molecule has 2 heterocycles. The van der Waals surface area contributed by atoms with Crippen LogP contribution in [0, 0.1) is 11.3 Å². The van der Waals surface area contributed by atoms with Crippen LogP contribution in [0.15, 0.2) is 48.5 Å². The van der Waals surface area contributed by atoms with Crippen molar-refractivity contribution >= 4 is 41.2 Å². The molecule has 2 saturated heterocycles. The van der Waals surface area contributed by atoms with Crippen LogP contribution in [0.3, 0.4) is 0 Å². The van der Waals surface area contributed by atoms with Gasteiger partial charge in [0.1, 0.15) is 18.1 Å². The lowest BCUT2D eigenvalue weighted by Crippen LogP contribution is -2.49. The third kappa shape index (κ3) is 3.58. The van der Waals surface area contributed by atoms with Crippen molar-refractivity contribution < 1.29 is 19.2 Å². The number of benzene rings is 2. The van der Waals surface area contributed by atoms with Crippen molar-refractivity contribution in [1.82, 2.24) is 15.1 Å². The van der Waals surface area contributed by atoms with E-state index in [2.05, 4.69) is 10.6 Å². The van der Waals surface area contributed by atoms with E-state index in [0.717, 1.165) is 16.0 Å². The number of nitrogens with zero attached hydrogens (tertiary/aromatic N) is 3. The number of carbonyl (C=O) groups is 4. The van der Waals surface area contributed by atoms with Crippen LogP contribution >= 0.6 is 11.8 Å². The predicted molar refractivity (Wildman–Crippen MR) is 124 cm³/mol. The number of urea groups is 1. The van der Waals surface area contributed by atoms with Crippen molar-refractivity contribution in [3.63, 3.8) is 0 Å². The van der Waals surface area contributed by atoms with E-state index in [1.807, 2.05) is 30.3 Å². The van der Waals surface area contributed by atoms with Crippen LogP contribution in [0.2, 0.25) is 0 Å². The molecule has 5 rings (SSSR count). The third-order valence-corrected chi connectivity index (χ3v) is 7.51. The van der Waals surface area contributed by atoms with Gasteiger partial charge < -0.3 is 15.5 Å². The average Bonchev–Trinajstić information content (AvgIpc) is 3.54. The number of rotatable bonds is 4. The second kappa shape index (κ2) is 8.50. The molecule has 2 aliphatic heterocycles. The molecule has 2 fully saturated rings. The molecule has 2 unspecified atom stereocenters. The summed E-state index contributed by atoms with van der Waals surface area (Å²) in [6.45, 7) is -0.421. The second-order valence-corrected chi connectivity index (χ2v) is 9.44. The third-order valence-electron chi connectivity index (χ3n) is 6.50. The summed E-state index contributed by atoms with van der Waals surface area (Å²) in [6.07, 6.45) is 1.13. The highest BCUT2D eigenvalue weighted by Gasteiger charge is 2.55. The van der Waals surface area contributed by atoms with E-state index in [1.165, 1.54) is 16.7 Å². The number of carbonyl (C=O) groups excluding carboxylic acids is 4. The summed E-state index contributed by atoms with van der Waals surface area (Å²) in [6, 6.07) is 14.6. The fraction of sp³-hybridized carbons (Fsp3) is 0.292. The van der Waals surface area contributed by atoms with E-state index in [1.54, 1.807) is 24.3 Å². The number of aryl methyl sites for hydroxylation is 1. The van der Waals surface area contributed by atoms with Crippen molar-refractivity contribution in [3.05, 3.63) is 65.2 Å². The number of hydrogen-bond donors (Lipinski definition) is 2. The first kappa shape index (κ1) is 22.0. The number of fused-ring (bicyclic) bond motifs is 2. The lowest BCUT2D eigenvalue weighted by Gasteiger charge is -2.25. The lowest BCUT2D eigenvalue weighted by molar-refractivity contribution is -0.141. The van der Waals surface area contributed by atoms with Crippen LogP contribution in [0.4, 0.5) is 10.5 Å². The van der Waals surface area contributed by atoms with Crippen LogP contribution in [0.5, 0.6) is 0 Å². The molecule has 2 aromatic rings. The number of nitriles is 1. The molecule has 1 spiro atoms. The number of hydrogen-bond acceptors (Lipinski definition) is 6. The molecular formula is C24H21N5O4S. The Labute approximate surface area is 200 Å². The normalized spacial score (nSPS) is 23.1. The first-order chi connectivity index (χ1) is 16.4. The monoisotopic (exact) mass is 475 g/mol. The Morgan fingerprint density at radius 2 is 1.94 bits per heavy atom. The van der Waals surface area contributed by atoms with E-state index in [-0.39, 0.29) is 5.91 Å². The molecule has 34 heavy (non-hydrogen) atoms. The van der Waals surface area contributed by atoms with E-state index in [4.69, 9.17) is 5.26 Å². The minimum absolute atomic E-state index is 0.294. The SMILES string of the molecule is N#Cc1ccc(NC(=O)C2CSCN2C(=O)CN2C(=O)NC3(CCc4ccccc43)C2=O)cc1. The van der Waals surface area contributed by atoms with Crippen LogP contribution in [0.25, 0.3) is 0 Å². The molecule has 3 aliphatic rings. The highest BCUT2D eigenvalue weighted by atomic mass is 32.2. The van der Waals surface area contributed by atoms with Gasteiger partial charge in [0.2, 0.25) is 11.8 Å². The van der Waals surface area contributed by atoms with Gasteiger partial charge in [0.05, 0.1) is 17.5 Å². The molecule has 9 nitrogen and oxygen atoms in total. The van der Waals surface area contributed by atoms with Crippen LogP contribution in [-0.2, 0) is 26.3 Å². The quantitative estimate of drug-likeness (QED) is 0.650. The first-order valence-electron chi connectivity index (χ1n) is 10.8. The highest BCUT2D eigenvalue weighted by Crippen LogP contribution is 2.41. The summed E-state index contributed by atoms with van der Waals surface area (Å²) in [7, 11) is 0. The molecular weight excluding hydrogens is 454 g/mol. The molecule has 2 N–H and O–H groups in total. The van der Waals surface area contributed by atoms with Gasteiger partial charge in [-0.15, -0.1) is 11.8 Å². The summed E-state index contributed by atoms with van der Waals surface area (Å²) in [5, 5.41) is 14.5. The summed E-state index contributed by atoms with van der Waals surface area (Å²) in [5.41, 5.74) is 1.66.